The van der Waals surface area contributed by atoms with E-state index in [4.69, 9.17) is 0 Å². The predicted molar refractivity (Wildman–Crippen MR) is 120 cm³/mol. The molecule has 3 rings (SSSR count). The Bertz CT molecular complexity index is 1120. The van der Waals surface area contributed by atoms with Gasteiger partial charge in [-0.15, -0.1) is 6.58 Å². The topological polar surface area (TPSA) is 66.5 Å². The van der Waals surface area contributed by atoms with Crippen LogP contribution >= 0.6 is 0 Å². The van der Waals surface area contributed by atoms with Gasteiger partial charge in [0, 0.05) is 12.1 Å². The average Bonchev–Trinajstić information content (AvgIpc) is 2.77. The molecule has 0 fully saturated rings. The number of aryl methyl sites for hydroxylation is 1. The minimum absolute atomic E-state index is 0.0604. The maximum Gasteiger partial charge on any atom is 0.264 e. The number of hydrogen-bond donors (Lipinski definition) is 1. The second-order valence-electron chi connectivity index (χ2n) is 6.86. The minimum Gasteiger partial charge on any atom is -0.349 e. The first-order valence-electron chi connectivity index (χ1n) is 9.54. The van der Waals surface area contributed by atoms with Crippen LogP contribution < -0.4 is 9.62 Å². The molecular formula is C24H24N2O3S. The van der Waals surface area contributed by atoms with Crippen LogP contribution in [0.2, 0.25) is 0 Å². The van der Waals surface area contributed by atoms with Crippen LogP contribution in [0.5, 0.6) is 0 Å². The van der Waals surface area contributed by atoms with Crippen LogP contribution in [0.15, 0.2) is 96.4 Å². The van der Waals surface area contributed by atoms with Crippen molar-refractivity contribution in [2.45, 2.75) is 18.4 Å². The van der Waals surface area contributed by atoms with Gasteiger partial charge in [0.1, 0.15) is 0 Å². The van der Waals surface area contributed by atoms with Crippen molar-refractivity contribution < 1.29 is 13.2 Å². The van der Waals surface area contributed by atoms with E-state index in [-0.39, 0.29) is 22.9 Å². The number of nitrogens with one attached hydrogen (secondary N) is 1. The van der Waals surface area contributed by atoms with Gasteiger partial charge in [0.25, 0.3) is 15.9 Å². The fraction of sp³-hybridized carbons (Fsp3) is 0.125. The van der Waals surface area contributed by atoms with E-state index in [0.29, 0.717) is 12.2 Å². The summed E-state index contributed by atoms with van der Waals surface area (Å²) in [4.78, 5) is 12.3. The number of hydrogen-bond acceptors (Lipinski definition) is 3. The fourth-order valence-corrected chi connectivity index (χ4v) is 4.47. The van der Waals surface area contributed by atoms with Gasteiger partial charge in [0.15, 0.2) is 0 Å². The van der Waals surface area contributed by atoms with E-state index >= 15 is 0 Å². The molecule has 30 heavy (non-hydrogen) atoms. The largest absolute Gasteiger partial charge is 0.349 e. The Kier molecular flexibility index (Phi) is 6.69. The Balaban J connectivity index is 2.02. The molecule has 5 nitrogen and oxygen atoms in total. The number of nitrogens with zero attached hydrogens (tertiary/aromatic N) is 1. The van der Waals surface area contributed by atoms with E-state index in [1.165, 1.54) is 16.4 Å². The van der Waals surface area contributed by atoms with Gasteiger partial charge in [-0.3, -0.25) is 9.10 Å². The molecule has 1 N–H and O–H groups in total. The van der Waals surface area contributed by atoms with Crippen LogP contribution in [0.25, 0.3) is 0 Å². The maximum absolute atomic E-state index is 13.6. The summed E-state index contributed by atoms with van der Waals surface area (Å²) < 4.78 is 28.5. The summed E-state index contributed by atoms with van der Waals surface area (Å²) >= 11 is 0. The zero-order valence-electron chi connectivity index (χ0n) is 16.8. The summed E-state index contributed by atoms with van der Waals surface area (Å²) in [5, 5.41) is 2.67. The van der Waals surface area contributed by atoms with Gasteiger partial charge >= 0.3 is 0 Å². The van der Waals surface area contributed by atoms with Crippen molar-refractivity contribution in [3.8, 4) is 0 Å². The number of carbonyl (C=O) groups is 1. The summed E-state index contributed by atoms with van der Waals surface area (Å²) in [6.45, 7) is 6.00. The fourth-order valence-electron chi connectivity index (χ4n) is 2.97. The van der Waals surface area contributed by atoms with Crippen molar-refractivity contribution in [3.05, 3.63) is 108 Å². The van der Waals surface area contributed by atoms with Crippen molar-refractivity contribution in [1.82, 2.24) is 5.32 Å². The smallest absolute Gasteiger partial charge is 0.264 e. The highest BCUT2D eigenvalue weighted by Gasteiger charge is 2.26. The molecule has 0 aromatic heterocycles. The number of anilines is 1. The van der Waals surface area contributed by atoms with Crippen LogP contribution in [-0.4, -0.2) is 20.9 Å². The third kappa shape index (κ3) is 4.96. The molecule has 3 aromatic rings. The zero-order chi connectivity index (χ0) is 21.6. The summed E-state index contributed by atoms with van der Waals surface area (Å²) in [6, 6.07) is 22.8. The molecule has 0 saturated heterocycles. The number of benzene rings is 3. The molecule has 0 bridgehead atoms. The summed E-state index contributed by atoms with van der Waals surface area (Å²) in [5.41, 5.74) is 2.74. The van der Waals surface area contributed by atoms with Crippen LogP contribution in [0.1, 0.15) is 21.5 Å². The lowest BCUT2D eigenvalue weighted by Crippen LogP contribution is -2.31. The van der Waals surface area contributed by atoms with E-state index in [1.807, 2.05) is 49.4 Å². The zero-order valence-corrected chi connectivity index (χ0v) is 17.6. The van der Waals surface area contributed by atoms with Crippen molar-refractivity contribution in [3.63, 3.8) is 0 Å². The molecule has 0 unspecified atom stereocenters. The monoisotopic (exact) mass is 420 g/mol. The van der Waals surface area contributed by atoms with Gasteiger partial charge in [-0.05, 0) is 42.8 Å². The standard InChI is InChI=1S/C24H24N2O3S/c1-3-16-25-24(27)21-10-7-11-23(17-21)30(28,29)26(18-20-8-5-4-6-9-20)22-14-12-19(2)13-15-22/h3-15,17H,1,16,18H2,2H3,(H,25,27). The van der Waals surface area contributed by atoms with Crippen LogP contribution in [0, 0.1) is 6.92 Å². The van der Waals surface area contributed by atoms with Gasteiger partial charge in [-0.25, -0.2) is 8.42 Å². The summed E-state index contributed by atoms with van der Waals surface area (Å²) in [6.07, 6.45) is 1.57. The molecule has 3 aromatic carbocycles. The van der Waals surface area contributed by atoms with E-state index in [2.05, 4.69) is 11.9 Å². The minimum atomic E-state index is -3.91. The normalized spacial score (nSPS) is 11.0. The predicted octanol–water partition coefficient (Wildman–Crippen LogP) is 4.31. The number of rotatable bonds is 8. The molecule has 0 radical (unpaired) electrons. The molecule has 6 heteroatoms. The van der Waals surface area contributed by atoms with Crippen molar-refractivity contribution in [2.24, 2.45) is 0 Å². The molecule has 0 aliphatic heterocycles. The molecule has 0 aliphatic carbocycles. The maximum atomic E-state index is 13.6. The second kappa shape index (κ2) is 9.41. The van der Waals surface area contributed by atoms with E-state index < -0.39 is 10.0 Å². The highest BCUT2D eigenvalue weighted by atomic mass is 32.2. The molecule has 1 amide bonds. The van der Waals surface area contributed by atoms with Gasteiger partial charge in [-0.2, -0.15) is 0 Å². The van der Waals surface area contributed by atoms with Crippen molar-refractivity contribution >= 4 is 21.6 Å². The Morgan fingerprint density at radius 2 is 1.70 bits per heavy atom. The molecule has 0 heterocycles. The highest BCUT2D eigenvalue weighted by molar-refractivity contribution is 7.92. The Morgan fingerprint density at radius 3 is 2.37 bits per heavy atom. The van der Waals surface area contributed by atoms with E-state index in [9.17, 15) is 13.2 Å². The SMILES string of the molecule is C=CCNC(=O)c1cccc(S(=O)(=O)N(Cc2ccccc2)c2ccc(C)cc2)c1. The van der Waals surface area contributed by atoms with E-state index in [0.717, 1.165) is 11.1 Å². The molecule has 154 valence electrons. The number of carbonyl (C=O) groups excluding carboxylic acids is 1. The first kappa shape index (κ1) is 21.3. The molecule has 0 aliphatic rings. The van der Waals surface area contributed by atoms with E-state index in [1.54, 1.807) is 30.3 Å². The lowest BCUT2D eigenvalue weighted by atomic mass is 10.2. The number of sulfonamides is 1. The third-order valence-corrected chi connectivity index (χ3v) is 6.35. The van der Waals surface area contributed by atoms with Crippen LogP contribution in [0.3, 0.4) is 0 Å². The van der Waals surface area contributed by atoms with Crippen LogP contribution in [-0.2, 0) is 16.6 Å². The summed E-state index contributed by atoms with van der Waals surface area (Å²) in [7, 11) is -3.91. The quantitative estimate of drug-likeness (QED) is 0.553. The van der Waals surface area contributed by atoms with Gasteiger partial charge in [-0.1, -0.05) is 60.2 Å². The third-order valence-electron chi connectivity index (χ3n) is 4.58. The highest BCUT2D eigenvalue weighted by Crippen LogP contribution is 2.27. The van der Waals surface area contributed by atoms with Gasteiger partial charge < -0.3 is 5.32 Å². The molecule has 0 saturated carbocycles. The van der Waals surface area contributed by atoms with Crippen molar-refractivity contribution in [2.75, 3.05) is 10.8 Å². The Hall–Kier alpha value is -3.38. The van der Waals surface area contributed by atoms with Crippen molar-refractivity contribution in [1.29, 1.82) is 0 Å². The Labute approximate surface area is 177 Å². The molecule has 0 spiro atoms. The Morgan fingerprint density at radius 1 is 1.00 bits per heavy atom. The first-order valence-corrected chi connectivity index (χ1v) is 11.0. The lowest BCUT2D eigenvalue weighted by Gasteiger charge is -2.25. The van der Waals surface area contributed by atoms with Gasteiger partial charge in [0.05, 0.1) is 17.1 Å². The average molecular weight is 421 g/mol. The van der Waals surface area contributed by atoms with Gasteiger partial charge in [0.2, 0.25) is 0 Å². The number of amides is 1. The lowest BCUT2D eigenvalue weighted by molar-refractivity contribution is 0.0958. The second-order valence-corrected chi connectivity index (χ2v) is 8.72. The summed E-state index contributed by atoms with van der Waals surface area (Å²) in [5.74, 6) is -0.350. The molecular weight excluding hydrogens is 396 g/mol. The first-order chi connectivity index (χ1) is 14.4. The molecule has 0 atom stereocenters. The van der Waals surface area contributed by atoms with Crippen LogP contribution in [0.4, 0.5) is 5.69 Å².